The maximum atomic E-state index is 5.78. The van der Waals surface area contributed by atoms with E-state index in [-0.39, 0.29) is 11.5 Å². The lowest BCUT2D eigenvalue weighted by atomic mass is 9.83. The molecule has 1 heteroatoms. The molecule has 1 atom stereocenters. The molecular weight excluding hydrogens is 280 g/mol. The second kappa shape index (κ2) is 10.5. The number of benzene rings is 1. The smallest absolute Gasteiger partial charge is 0.125 e. The molecule has 0 amide bonds. The first-order valence-corrected chi connectivity index (χ1v) is 7.96. The van der Waals surface area contributed by atoms with Gasteiger partial charge in [-0.25, -0.2) is 0 Å². The van der Waals surface area contributed by atoms with Gasteiger partial charge in [-0.1, -0.05) is 68.2 Å². The highest BCUT2D eigenvalue weighted by Gasteiger charge is 2.27. The van der Waals surface area contributed by atoms with Crippen LogP contribution in [0, 0.1) is 29.1 Å². The molecule has 0 bridgehead atoms. The average molecular weight is 306 g/mol. The highest BCUT2D eigenvalue weighted by molar-refractivity contribution is 5.29. The Kier molecular flexibility index (Phi) is 8.59. The zero-order valence-electron chi connectivity index (χ0n) is 14.3. The monoisotopic (exact) mass is 306 g/mol. The van der Waals surface area contributed by atoms with Crippen LogP contribution in [0.3, 0.4) is 0 Å². The van der Waals surface area contributed by atoms with Crippen molar-refractivity contribution in [2.45, 2.75) is 39.2 Å². The Morgan fingerprint density at radius 1 is 1.13 bits per heavy atom. The number of aryl methyl sites for hydroxylation is 1. The molecule has 1 nitrogen and oxygen atoms in total. The zero-order valence-corrected chi connectivity index (χ0v) is 14.3. The molecule has 0 fully saturated rings. The van der Waals surface area contributed by atoms with Gasteiger partial charge in [0.15, 0.2) is 0 Å². The topological polar surface area (TPSA) is 9.23 Å². The minimum absolute atomic E-state index is 0.0938. The highest BCUT2D eigenvalue weighted by atomic mass is 16.5. The number of hydrogen-bond donors (Lipinski definition) is 0. The zero-order chi connectivity index (χ0) is 17.0. The summed E-state index contributed by atoms with van der Waals surface area (Å²) >= 11 is 0. The van der Waals surface area contributed by atoms with Crippen LogP contribution < -0.4 is 0 Å². The van der Waals surface area contributed by atoms with Crippen molar-refractivity contribution in [2.24, 2.45) is 5.41 Å². The van der Waals surface area contributed by atoms with Gasteiger partial charge in [0.05, 0.1) is 6.61 Å². The van der Waals surface area contributed by atoms with Gasteiger partial charge in [-0.3, -0.25) is 0 Å². The lowest BCUT2D eigenvalue weighted by Gasteiger charge is -2.29. The summed E-state index contributed by atoms with van der Waals surface area (Å²) in [6, 6.07) is 10.3. The number of ether oxygens (including phenoxy) is 1. The second-order valence-corrected chi connectivity index (χ2v) is 6.04. The van der Waals surface area contributed by atoms with E-state index in [1.165, 1.54) is 5.56 Å². The maximum absolute atomic E-state index is 5.78. The molecule has 0 spiro atoms. The molecule has 1 aromatic carbocycles. The van der Waals surface area contributed by atoms with Gasteiger partial charge >= 0.3 is 0 Å². The quantitative estimate of drug-likeness (QED) is 0.495. The van der Waals surface area contributed by atoms with Gasteiger partial charge in [-0.05, 0) is 30.2 Å². The minimum Gasteiger partial charge on any atom is -0.361 e. The lowest BCUT2D eigenvalue weighted by Crippen LogP contribution is -2.30. The molecule has 1 rings (SSSR count). The van der Waals surface area contributed by atoms with E-state index < -0.39 is 0 Å². The Balaban J connectivity index is 2.60. The largest absolute Gasteiger partial charge is 0.361 e. The number of hydrogen-bond acceptors (Lipinski definition) is 1. The molecule has 0 unspecified atom stereocenters. The maximum Gasteiger partial charge on any atom is 0.125 e. The van der Waals surface area contributed by atoms with E-state index in [9.17, 15) is 0 Å². The van der Waals surface area contributed by atoms with Gasteiger partial charge in [-0.15, -0.1) is 13.2 Å². The first-order valence-electron chi connectivity index (χ1n) is 7.96. The first-order chi connectivity index (χ1) is 11.1. The molecule has 0 saturated carbocycles. The van der Waals surface area contributed by atoms with Gasteiger partial charge in [-0.2, -0.15) is 0 Å². The minimum atomic E-state index is -0.179. The fourth-order valence-corrected chi connectivity index (χ4v) is 2.17. The lowest BCUT2D eigenvalue weighted by molar-refractivity contribution is 0.0303. The third-order valence-electron chi connectivity index (χ3n) is 3.50. The van der Waals surface area contributed by atoms with Gasteiger partial charge < -0.3 is 4.74 Å². The molecular formula is C22H26O. The SMILES string of the molecule is C=CCO[C@@H](C#CC#CCCc1ccccc1)C(C)(C)CC=C. The van der Waals surface area contributed by atoms with Crippen molar-refractivity contribution in [1.29, 1.82) is 0 Å². The van der Waals surface area contributed by atoms with E-state index in [2.05, 4.69) is 62.8 Å². The van der Waals surface area contributed by atoms with Crippen molar-refractivity contribution in [3.05, 3.63) is 61.2 Å². The predicted octanol–water partition coefficient (Wildman–Crippen LogP) is 4.80. The van der Waals surface area contributed by atoms with Crippen molar-refractivity contribution in [1.82, 2.24) is 0 Å². The summed E-state index contributed by atoms with van der Waals surface area (Å²) in [6.45, 7) is 12.2. The summed E-state index contributed by atoms with van der Waals surface area (Å²) in [6.07, 6.45) is 6.06. The third-order valence-corrected chi connectivity index (χ3v) is 3.50. The molecule has 0 aliphatic heterocycles. The van der Waals surface area contributed by atoms with Crippen LogP contribution in [-0.4, -0.2) is 12.7 Å². The standard InChI is InChI=1S/C22H26O/c1-5-18-22(3,4)21(23-19-6-2)17-13-8-7-10-14-20-15-11-9-12-16-20/h5-6,9,11-12,15-16,21H,1-2,10,14,18-19H2,3-4H3/t21-/m0/s1. The Hall–Kier alpha value is -2.22. The van der Waals surface area contributed by atoms with Crippen molar-refractivity contribution in [3.8, 4) is 23.7 Å². The molecule has 0 aromatic heterocycles. The molecule has 1 aromatic rings. The van der Waals surface area contributed by atoms with E-state index in [4.69, 9.17) is 4.74 Å². The molecule has 120 valence electrons. The van der Waals surface area contributed by atoms with Crippen LogP contribution in [0.25, 0.3) is 0 Å². The van der Waals surface area contributed by atoms with Crippen LogP contribution in [0.15, 0.2) is 55.6 Å². The molecule has 0 radical (unpaired) electrons. The molecule has 23 heavy (non-hydrogen) atoms. The van der Waals surface area contributed by atoms with E-state index in [0.717, 1.165) is 19.3 Å². The Morgan fingerprint density at radius 2 is 1.87 bits per heavy atom. The molecule has 0 aliphatic rings. The van der Waals surface area contributed by atoms with E-state index in [0.29, 0.717) is 6.61 Å². The Labute approximate surface area is 141 Å². The van der Waals surface area contributed by atoms with Gasteiger partial charge in [0.25, 0.3) is 0 Å². The molecule has 0 heterocycles. The third kappa shape index (κ3) is 7.55. The molecule has 0 N–H and O–H groups in total. The summed E-state index contributed by atoms with van der Waals surface area (Å²) < 4.78 is 5.78. The van der Waals surface area contributed by atoms with Gasteiger partial charge in [0.2, 0.25) is 0 Å². The average Bonchev–Trinajstić information content (AvgIpc) is 2.54. The molecule has 0 saturated heterocycles. The number of allylic oxidation sites excluding steroid dienone is 1. The van der Waals surface area contributed by atoms with Crippen LogP contribution in [0.5, 0.6) is 0 Å². The summed E-state index contributed by atoms with van der Waals surface area (Å²) in [5.41, 5.74) is 1.21. The Morgan fingerprint density at radius 3 is 2.52 bits per heavy atom. The summed E-state index contributed by atoms with van der Waals surface area (Å²) in [5.74, 6) is 12.1. The first kappa shape index (κ1) is 18.8. The van der Waals surface area contributed by atoms with Crippen molar-refractivity contribution >= 4 is 0 Å². The summed E-state index contributed by atoms with van der Waals surface area (Å²) in [7, 11) is 0. The van der Waals surface area contributed by atoms with E-state index in [1.807, 2.05) is 24.3 Å². The highest BCUT2D eigenvalue weighted by Crippen LogP contribution is 2.27. The van der Waals surface area contributed by atoms with E-state index in [1.54, 1.807) is 6.08 Å². The van der Waals surface area contributed by atoms with Crippen LogP contribution in [0.4, 0.5) is 0 Å². The van der Waals surface area contributed by atoms with Crippen LogP contribution in [0.1, 0.15) is 32.3 Å². The van der Waals surface area contributed by atoms with Crippen molar-refractivity contribution < 1.29 is 4.74 Å². The normalized spacial score (nSPS) is 11.4. The second-order valence-electron chi connectivity index (χ2n) is 6.04. The van der Waals surface area contributed by atoms with Gasteiger partial charge in [0.1, 0.15) is 6.10 Å². The predicted molar refractivity (Wildman–Crippen MR) is 98.8 cm³/mol. The fraction of sp³-hybridized carbons (Fsp3) is 0.364. The van der Waals surface area contributed by atoms with E-state index >= 15 is 0 Å². The van der Waals surface area contributed by atoms with Gasteiger partial charge in [0, 0.05) is 11.8 Å². The van der Waals surface area contributed by atoms with Crippen LogP contribution in [-0.2, 0) is 11.2 Å². The number of rotatable bonds is 8. The summed E-state index contributed by atoms with van der Waals surface area (Å²) in [4.78, 5) is 0. The fourth-order valence-electron chi connectivity index (χ4n) is 2.17. The van der Waals surface area contributed by atoms with Crippen molar-refractivity contribution in [2.75, 3.05) is 6.61 Å². The summed E-state index contributed by atoms with van der Waals surface area (Å²) in [5, 5.41) is 0. The van der Waals surface area contributed by atoms with Crippen molar-refractivity contribution in [3.63, 3.8) is 0 Å². The van der Waals surface area contributed by atoms with Crippen LogP contribution >= 0.6 is 0 Å². The van der Waals surface area contributed by atoms with Crippen LogP contribution in [0.2, 0.25) is 0 Å². The Bertz CT molecular complexity index is 602. The molecule has 0 aliphatic carbocycles.